The monoisotopic (exact) mass is 408 g/mol. The highest BCUT2D eigenvalue weighted by Gasteiger charge is 2.50. The number of rotatable bonds is 3. The summed E-state index contributed by atoms with van der Waals surface area (Å²) >= 11 is 0. The van der Waals surface area contributed by atoms with Gasteiger partial charge in [0.05, 0.1) is 17.9 Å². The molecule has 1 N–H and O–H groups in total. The van der Waals surface area contributed by atoms with Gasteiger partial charge in [-0.15, -0.1) is 0 Å². The number of anilines is 1. The summed E-state index contributed by atoms with van der Waals surface area (Å²) in [4.78, 5) is 27.9. The summed E-state index contributed by atoms with van der Waals surface area (Å²) in [5.74, 6) is 2.31. The minimum atomic E-state index is -0.212. The number of aromatic nitrogens is 2. The number of nitrogens with zero attached hydrogens (tertiary/aromatic N) is 3. The van der Waals surface area contributed by atoms with E-state index in [9.17, 15) is 9.59 Å². The van der Waals surface area contributed by atoms with E-state index in [-0.39, 0.29) is 11.8 Å². The number of ether oxygens (including phenoxy) is 1. The first-order valence-electron chi connectivity index (χ1n) is 10.7. The molecule has 5 rings (SSSR count). The number of nitrogens with one attached hydrogen (secondary N) is 1. The molecule has 0 unspecified atom stereocenters. The number of hydrogen-bond donors (Lipinski definition) is 1. The van der Waals surface area contributed by atoms with Crippen LogP contribution in [0.4, 0.5) is 5.69 Å². The van der Waals surface area contributed by atoms with Crippen LogP contribution in [0.25, 0.3) is 0 Å². The molecule has 0 radical (unpaired) electrons. The lowest BCUT2D eigenvalue weighted by atomic mass is 9.91. The number of aryl methyl sites for hydroxylation is 3. The quantitative estimate of drug-likeness (QED) is 0.847. The third-order valence-corrected chi connectivity index (χ3v) is 7.17. The molecule has 2 aromatic rings. The van der Waals surface area contributed by atoms with Crippen molar-refractivity contribution in [3.05, 3.63) is 46.8 Å². The molecule has 1 saturated carbocycles. The Balaban J connectivity index is 1.31. The van der Waals surface area contributed by atoms with Gasteiger partial charge in [0, 0.05) is 44.2 Å². The minimum Gasteiger partial charge on any atom is -0.381 e. The Hall–Kier alpha value is -2.67. The Labute approximate surface area is 176 Å². The van der Waals surface area contributed by atoms with E-state index in [0.29, 0.717) is 46.2 Å². The van der Waals surface area contributed by atoms with Crippen LogP contribution >= 0.6 is 0 Å². The zero-order valence-electron chi connectivity index (χ0n) is 17.7. The average Bonchev–Trinajstić information content (AvgIpc) is 3.44. The molecule has 0 spiro atoms. The lowest BCUT2D eigenvalue weighted by Gasteiger charge is -2.21. The van der Waals surface area contributed by atoms with E-state index in [1.54, 1.807) is 24.0 Å². The van der Waals surface area contributed by atoms with E-state index in [2.05, 4.69) is 10.4 Å². The topological polar surface area (TPSA) is 76.5 Å². The van der Waals surface area contributed by atoms with Gasteiger partial charge in [0.25, 0.3) is 11.8 Å². The molecular formula is C23H28N4O3. The van der Waals surface area contributed by atoms with Crippen molar-refractivity contribution in [3.63, 3.8) is 0 Å². The zero-order valence-corrected chi connectivity index (χ0v) is 17.7. The predicted molar refractivity (Wildman–Crippen MR) is 112 cm³/mol. The van der Waals surface area contributed by atoms with Gasteiger partial charge in [-0.2, -0.15) is 5.10 Å². The first kappa shape index (κ1) is 19.3. The summed E-state index contributed by atoms with van der Waals surface area (Å²) in [7, 11) is 1.79. The third-order valence-electron chi connectivity index (χ3n) is 7.17. The number of likely N-dealkylation sites (tertiary alicyclic amines) is 1. The van der Waals surface area contributed by atoms with Crippen LogP contribution in [0.2, 0.25) is 0 Å². The zero-order chi connectivity index (χ0) is 21.0. The lowest BCUT2D eigenvalue weighted by molar-refractivity contribution is 0.0773. The molecule has 1 aromatic carbocycles. The van der Waals surface area contributed by atoms with E-state index in [1.807, 2.05) is 30.9 Å². The molecule has 3 aliphatic rings. The largest absolute Gasteiger partial charge is 0.381 e. The molecule has 0 bridgehead atoms. The Kier molecular flexibility index (Phi) is 4.65. The normalized spacial score (nSPS) is 27.2. The highest BCUT2D eigenvalue weighted by atomic mass is 16.5. The summed E-state index contributed by atoms with van der Waals surface area (Å²) in [5.41, 5.74) is 3.42. The van der Waals surface area contributed by atoms with Crippen molar-refractivity contribution in [3.8, 4) is 0 Å². The van der Waals surface area contributed by atoms with Gasteiger partial charge in [-0.25, -0.2) is 0 Å². The van der Waals surface area contributed by atoms with Crippen LogP contribution in [0.1, 0.15) is 38.4 Å². The van der Waals surface area contributed by atoms with Crippen LogP contribution in [-0.4, -0.2) is 52.8 Å². The maximum Gasteiger partial charge on any atom is 0.259 e. The molecule has 3 fully saturated rings. The smallest absolute Gasteiger partial charge is 0.259 e. The van der Waals surface area contributed by atoms with Crippen molar-refractivity contribution in [2.75, 3.05) is 31.6 Å². The number of benzene rings is 1. The van der Waals surface area contributed by atoms with E-state index >= 15 is 0 Å². The van der Waals surface area contributed by atoms with Crippen LogP contribution < -0.4 is 5.32 Å². The van der Waals surface area contributed by atoms with Crippen LogP contribution in [0.5, 0.6) is 0 Å². The van der Waals surface area contributed by atoms with Gasteiger partial charge in [0.2, 0.25) is 0 Å². The standard InChI is InChI=1S/C23H28N4O3/c1-13-4-5-15(7-21(13)24-22(28)18-9-26(3)25-14(18)2)23(29)27-8-16-6-17-11-30-12-20(17)19(16)10-27/h4-5,7,9,16-17,19-20H,6,8,10-12H2,1-3H3,(H,24,28)/t16-,17+,19+,20-/m0/s1. The summed E-state index contributed by atoms with van der Waals surface area (Å²) in [6.45, 7) is 7.14. The van der Waals surface area contributed by atoms with Crippen molar-refractivity contribution in [2.24, 2.45) is 30.7 Å². The van der Waals surface area contributed by atoms with Crippen LogP contribution in [-0.2, 0) is 11.8 Å². The fraction of sp³-hybridized carbons (Fsp3) is 0.522. The van der Waals surface area contributed by atoms with Gasteiger partial charge < -0.3 is 15.0 Å². The molecule has 2 saturated heterocycles. The fourth-order valence-corrected chi connectivity index (χ4v) is 5.60. The maximum atomic E-state index is 13.2. The van der Waals surface area contributed by atoms with E-state index in [4.69, 9.17) is 4.74 Å². The molecule has 4 atom stereocenters. The van der Waals surface area contributed by atoms with E-state index < -0.39 is 0 Å². The molecule has 7 nitrogen and oxygen atoms in total. The summed E-state index contributed by atoms with van der Waals surface area (Å²) in [6, 6.07) is 5.56. The Morgan fingerprint density at radius 3 is 2.73 bits per heavy atom. The summed E-state index contributed by atoms with van der Waals surface area (Å²) in [5, 5.41) is 7.19. The minimum absolute atomic E-state index is 0.0490. The van der Waals surface area contributed by atoms with Crippen LogP contribution in [0.15, 0.2) is 24.4 Å². The number of hydrogen-bond acceptors (Lipinski definition) is 4. The number of fused-ring (bicyclic) bond motifs is 3. The molecule has 30 heavy (non-hydrogen) atoms. The van der Waals surface area contributed by atoms with E-state index in [1.165, 1.54) is 6.42 Å². The van der Waals surface area contributed by atoms with Gasteiger partial charge in [0.15, 0.2) is 0 Å². The second-order valence-electron chi connectivity index (χ2n) is 9.12. The van der Waals surface area contributed by atoms with Crippen molar-refractivity contribution in [2.45, 2.75) is 20.3 Å². The Morgan fingerprint density at radius 1 is 1.13 bits per heavy atom. The fourth-order valence-electron chi connectivity index (χ4n) is 5.60. The van der Waals surface area contributed by atoms with Crippen LogP contribution in [0.3, 0.4) is 0 Å². The average molecular weight is 409 g/mol. The first-order chi connectivity index (χ1) is 14.4. The highest BCUT2D eigenvalue weighted by molar-refractivity contribution is 6.06. The number of carbonyl (C=O) groups excluding carboxylic acids is 2. The SMILES string of the molecule is Cc1ccc(C(=O)N2C[C@@H]3C[C@@H]4COC[C@@H]4[C@@H]3C2)cc1NC(=O)c1cn(C)nc1C. The van der Waals surface area contributed by atoms with Gasteiger partial charge in [0.1, 0.15) is 0 Å². The third kappa shape index (κ3) is 3.21. The molecular weight excluding hydrogens is 380 g/mol. The highest BCUT2D eigenvalue weighted by Crippen LogP contribution is 2.48. The second-order valence-corrected chi connectivity index (χ2v) is 9.12. The summed E-state index contributed by atoms with van der Waals surface area (Å²) in [6.07, 6.45) is 2.89. The maximum absolute atomic E-state index is 13.2. The van der Waals surface area contributed by atoms with Crippen molar-refractivity contribution in [1.82, 2.24) is 14.7 Å². The van der Waals surface area contributed by atoms with Gasteiger partial charge >= 0.3 is 0 Å². The molecule has 2 amide bonds. The van der Waals surface area contributed by atoms with Gasteiger partial charge in [-0.05, 0) is 61.6 Å². The van der Waals surface area contributed by atoms with Crippen LogP contribution in [0, 0.1) is 37.5 Å². The predicted octanol–water partition coefficient (Wildman–Crippen LogP) is 2.64. The molecule has 3 heterocycles. The van der Waals surface area contributed by atoms with Crippen molar-refractivity contribution < 1.29 is 14.3 Å². The molecule has 2 aliphatic heterocycles. The second kappa shape index (κ2) is 7.23. The summed E-state index contributed by atoms with van der Waals surface area (Å²) < 4.78 is 7.29. The Morgan fingerprint density at radius 2 is 1.97 bits per heavy atom. The van der Waals surface area contributed by atoms with Gasteiger partial charge in [-0.3, -0.25) is 14.3 Å². The van der Waals surface area contributed by atoms with Crippen molar-refractivity contribution in [1.29, 1.82) is 0 Å². The first-order valence-corrected chi connectivity index (χ1v) is 10.7. The number of carbonyl (C=O) groups is 2. The van der Waals surface area contributed by atoms with Crippen molar-refractivity contribution >= 4 is 17.5 Å². The molecule has 1 aromatic heterocycles. The lowest BCUT2D eigenvalue weighted by Crippen LogP contribution is -2.31. The number of amides is 2. The Bertz CT molecular complexity index is 1010. The van der Waals surface area contributed by atoms with E-state index in [0.717, 1.165) is 31.9 Å². The van der Waals surface area contributed by atoms with Gasteiger partial charge in [-0.1, -0.05) is 6.07 Å². The molecule has 1 aliphatic carbocycles. The molecule has 158 valence electrons. The molecule has 7 heteroatoms.